The Hall–Kier alpha value is -0.940. The number of methoxy groups -OCH3 is 1. The zero-order chi connectivity index (χ0) is 15.1. The van der Waals surface area contributed by atoms with Crippen molar-refractivity contribution in [1.29, 1.82) is 0 Å². The number of morpholine rings is 1. The molecule has 1 atom stereocenters. The first-order valence-corrected chi connectivity index (χ1v) is 8.08. The minimum absolute atomic E-state index is 0.218. The number of hydrogen-bond donors (Lipinski definition) is 0. The SMILES string of the molecule is COC(=O)[C@](CC=O)(CC1CCCCC1)N1CCOCC1. The van der Waals surface area contributed by atoms with Gasteiger partial charge in [-0.25, -0.2) is 0 Å². The maximum absolute atomic E-state index is 12.5. The van der Waals surface area contributed by atoms with Crippen molar-refractivity contribution in [1.82, 2.24) is 4.90 Å². The number of carbonyl (C=O) groups excluding carboxylic acids is 2. The molecule has 21 heavy (non-hydrogen) atoms. The van der Waals surface area contributed by atoms with Crippen LogP contribution in [0, 0.1) is 5.92 Å². The smallest absolute Gasteiger partial charge is 0.326 e. The van der Waals surface area contributed by atoms with Crippen molar-refractivity contribution in [3.05, 3.63) is 0 Å². The van der Waals surface area contributed by atoms with E-state index in [1.54, 1.807) is 0 Å². The molecule has 1 saturated carbocycles. The first kappa shape index (κ1) is 16.4. The molecule has 1 aliphatic carbocycles. The Morgan fingerprint density at radius 2 is 1.95 bits per heavy atom. The van der Waals surface area contributed by atoms with Crippen LogP contribution in [-0.2, 0) is 19.1 Å². The molecule has 2 rings (SSSR count). The molecular weight excluding hydrogens is 270 g/mol. The molecule has 0 aromatic rings. The van der Waals surface area contributed by atoms with Crippen molar-refractivity contribution in [2.45, 2.75) is 50.5 Å². The van der Waals surface area contributed by atoms with Crippen LogP contribution in [0.3, 0.4) is 0 Å². The van der Waals surface area contributed by atoms with Gasteiger partial charge in [-0.3, -0.25) is 9.69 Å². The molecule has 1 saturated heterocycles. The van der Waals surface area contributed by atoms with Gasteiger partial charge in [0.15, 0.2) is 0 Å². The van der Waals surface area contributed by atoms with Gasteiger partial charge in [0.25, 0.3) is 0 Å². The third-order valence-corrected chi connectivity index (χ3v) is 4.95. The summed E-state index contributed by atoms with van der Waals surface area (Å²) in [4.78, 5) is 25.9. The molecule has 0 aromatic heterocycles. The molecule has 1 heterocycles. The number of esters is 1. The number of rotatable bonds is 6. The van der Waals surface area contributed by atoms with Crippen molar-refractivity contribution in [2.75, 3.05) is 33.4 Å². The van der Waals surface area contributed by atoms with Gasteiger partial charge in [-0.15, -0.1) is 0 Å². The fourth-order valence-electron chi connectivity index (χ4n) is 3.83. The van der Waals surface area contributed by atoms with Crippen molar-refractivity contribution in [2.24, 2.45) is 5.92 Å². The van der Waals surface area contributed by atoms with Gasteiger partial charge >= 0.3 is 5.97 Å². The van der Waals surface area contributed by atoms with E-state index < -0.39 is 5.54 Å². The minimum Gasteiger partial charge on any atom is -0.468 e. The predicted octanol–water partition coefficient (Wildman–Crippen LogP) is 1.79. The summed E-state index contributed by atoms with van der Waals surface area (Å²) < 4.78 is 10.5. The number of nitrogens with zero attached hydrogens (tertiary/aromatic N) is 1. The summed E-state index contributed by atoms with van der Waals surface area (Å²) >= 11 is 0. The molecule has 2 aliphatic rings. The zero-order valence-corrected chi connectivity index (χ0v) is 13.0. The molecule has 0 unspecified atom stereocenters. The van der Waals surface area contributed by atoms with Crippen LogP contribution in [0.2, 0.25) is 0 Å². The van der Waals surface area contributed by atoms with Gasteiger partial charge in [0.2, 0.25) is 0 Å². The van der Waals surface area contributed by atoms with E-state index in [2.05, 4.69) is 4.90 Å². The Kier molecular flexibility index (Phi) is 6.18. The molecule has 2 fully saturated rings. The highest BCUT2D eigenvalue weighted by molar-refractivity contribution is 5.84. The van der Waals surface area contributed by atoms with Gasteiger partial charge in [-0.1, -0.05) is 32.1 Å². The summed E-state index contributed by atoms with van der Waals surface area (Å²) in [6, 6.07) is 0. The van der Waals surface area contributed by atoms with E-state index in [1.165, 1.54) is 26.4 Å². The van der Waals surface area contributed by atoms with E-state index in [1.807, 2.05) is 0 Å². The number of aldehydes is 1. The van der Waals surface area contributed by atoms with E-state index in [-0.39, 0.29) is 12.4 Å². The lowest BCUT2D eigenvalue weighted by Crippen LogP contribution is -2.59. The normalized spacial score (nSPS) is 24.2. The van der Waals surface area contributed by atoms with E-state index in [0.29, 0.717) is 32.2 Å². The summed E-state index contributed by atoms with van der Waals surface area (Å²) in [5.41, 5.74) is -0.789. The van der Waals surface area contributed by atoms with Crippen molar-refractivity contribution >= 4 is 12.3 Å². The molecular formula is C16H27NO4. The number of ether oxygens (including phenoxy) is 2. The van der Waals surface area contributed by atoms with Gasteiger partial charge in [-0.05, 0) is 12.3 Å². The third-order valence-electron chi connectivity index (χ3n) is 4.95. The lowest BCUT2D eigenvalue weighted by Gasteiger charge is -2.44. The maximum atomic E-state index is 12.5. The molecule has 0 amide bonds. The Morgan fingerprint density at radius 1 is 1.29 bits per heavy atom. The second-order valence-corrected chi connectivity index (χ2v) is 6.20. The lowest BCUT2D eigenvalue weighted by atomic mass is 9.77. The summed E-state index contributed by atoms with van der Waals surface area (Å²) in [5.74, 6) is 0.253. The van der Waals surface area contributed by atoms with Gasteiger partial charge in [0.05, 0.1) is 20.3 Å². The van der Waals surface area contributed by atoms with Gasteiger partial charge in [-0.2, -0.15) is 0 Å². The Morgan fingerprint density at radius 3 is 2.52 bits per heavy atom. The van der Waals surface area contributed by atoms with Crippen LogP contribution in [0.4, 0.5) is 0 Å². The summed E-state index contributed by atoms with van der Waals surface area (Å²) in [6.07, 6.45) is 7.87. The standard InChI is InChI=1S/C16H27NO4/c1-20-15(19)16(7-10-18,17-8-11-21-12-9-17)13-14-5-3-2-4-6-14/h10,14H,2-9,11-13H2,1H3/t16-/m0/s1. The highest BCUT2D eigenvalue weighted by Crippen LogP contribution is 2.36. The second kappa shape index (κ2) is 7.90. The molecule has 5 nitrogen and oxygen atoms in total. The van der Waals surface area contributed by atoms with Crippen LogP contribution < -0.4 is 0 Å². The number of hydrogen-bond acceptors (Lipinski definition) is 5. The van der Waals surface area contributed by atoms with Crippen molar-refractivity contribution < 1.29 is 19.1 Å². The maximum Gasteiger partial charge on any atom is 0.326 e. The Labute approximate surface area is 127 Å². The van der Waals surface area contributed by atoms with E-state index in [4.69, 9.17) is 9.47 Å². The van der Waals surface area contributed by atoms with Crippen LogP contribution in [0.1, 0.15) is 44.9 Å². The average Bonchev–Trinajstić information content (AvgIpc) is 2.55. The zero-order valence-electron chi connectivity index (χ0n) is 13.0. The molecule has 0 aromatic carbocycles. The quantitative estimate of drug-likeness (QED) is 0.552. The van der Waals surface area contributed by atoms with Crippen molar-refractivity contribution in [3.63, 3.8) is 0 Å². The first-order chi connectivity index (χ1) is 10.2. The number of carbonyl (C=O) groups is 2. The molecule has 120 valence electrons. The van der Waals surface area contributed by atoms with Gasteiger partial charge in [0.1, 0.15) is 11.8 Å². The first-order valence-electron chi connectivity index (χ1n) is 8.08. The fourth-order valence-corrected chi connectivity index (χ4v) is 3.83. The molecule has 0 spiro atoms. The molecule has 0 radical (unpaired) electrons. The molecule has 1 aliphatic heterocycles. The van der Waals surface area contributed by atoms with Gasteiger partial charge < -0.3 is 14.3 Å². The van der Waals surface area contributed by atoms with Gasteiger partial charge in [0, 0.05) is 19.5 Å². The van der Waals surface area contributed by atoms with Crippen LogP contribution in [0.5, 0.6) is 0 Å². The van der Waals surface area contributed by atoms with Crippen LogP contribution in [0.25, 0.3) is 0 Å². The van der Waals surface area contributed by atoms with E-state index >= 15 is 0 Å². The van der Waals surface area contributed by atoms with E-state index in [0.717, 1.165) is 25.5 Å². The molecule has 5 heteroatoms. The molecule has 0 bridgehead atoms. The van der Waals surface area contributed by atoms with E-state index in [9.17, 15) is 9.59 Å². The average molecular weight is 297 g/mol. The highest BCUT2D eigenvalue weighted by Gasteiger charge is 2.46. The summed E-state index contributed by atoms with van der Waals surface area (Å²) in [5, 5.41) is 0. The van der Waals surface area contributed by atoms with Crippen LogP contribution >= 0.6 is 0 Å². The summed E-state index contributed by atoms with van der Waals surface area (Å²) in [6.45, 7) is 2.61. The van der Waals surface area contributed by atoms with Crippen molar-refractivity contribution in [3.8, 4) is 0 Å². The third kappa shape index (κ3) is 3.83. The Balaban J connectivity index is 2.19. The monoisotopic (exact) mass is 297 g/mol. The second-order valence-electron chi connectivity index (χ2n) is 6.20. The largest absolute Gasteiger partial charge is 0.468 e. The predicted molar refractivity (Wildman–Crippen MR) is 79.0 cm³/mol. The Bertz CT molecular complexity index is 348. The lowest BCUT2D eigenvalue weighted by molar-refractivity contribution is -0.162. The summed E-state index contributed by atoms with van der Waals surface area (Å²) in [7, 11) is 1.42. The highest BCUT2D eigenvalue weighted by atomic mass is 16.5. The minimum atomic E-state index is -0.789. The fraction of sp³-hybridized carbons (Fsp3) is 0.875. The van der Waals surface area contributed by atoms with Crippen LogP contribution in [0.15, 0.2) is 0 Å². The topological polar surface area (TPSA) is 55.8 Å². The molecule has 0 N–H and O–H groups in total. The van der Waals surface area contributed by atoms with Crippen LogP contribution in [-0.4, -0.2) is 56.1 Å².